The Balaban J connectivity index is 2.61. The second-order valence-corrected chi connectivity index (χ2v) is 4.40. The van der Waals surface area contributed by atoms with Crippen molar-refractivity contribution in [3.05, 3.63) is 38.7 Å². The first-order chi connectivity index (χ1) is 7.88. The third kappa shape index (κ3) is 2.50. The monoisotopic (exact) mass is 280 g/mol. The molecule has 3 nitrogen and oxygen atoms in total. The van der Waals surface area contributed by atoms with Crippen LogP contribution >= 0.6 is 22.9 Å². The third-order valence-electron chi connectivity index (χ3n) is 1.90. The highest BCUT2D eigenvalue weighted by Gasteiger charge is 2.32. The molecule has 0 aliphatic heterocycles. The summed E-state index contributed by atoms with van der Waals surface area (Å²) in [5.41, 5.74) is -2.28. The van der Waals surface area contributed by atoms with Gasteiger partial charge >= 0.3 is 11.9 Å². The summed E-state index contributed by atoms with van der Waals surface area (Å²) in [6.45, 7) is 0. The van der Waals surface area contributed by atoms with Crippen molar-refractivity contribution in [2.24, 2.45) is 0 Å². The molecule has 0 bridgehead atoms. The predicted molar refractivity (Wildman–Crippen MR) is 58.2 cm³/mol. The molecule has 2 aromatic heterocycles. The minimum atomic E-state index is -4.62. The highest BCUT2D eigenvalue weighted by atomic mass is 35.5. The van der Waals surface area contributed by atoms with Crippen LogP contribution in [0.5, 0.6) is 0 Å². The number of hydrogen-bond acceptors (Lipinski definition) is 3. The quantitative estimate of drug-likeness (QED) is 0.872. The van der Waals surface area contributed by atoms with Gasteiger partial charge in [0.05, 0.1) is 15.6 Å². The Hall–Kier alpha value is -1.34. The van der Waals surface area contributed by atoms with Crippen molar-refractivity contribution >= 4 is 22.9 Å². The van der Waals surface area contributed by atoms with Crippen molar-refractivity contribution in [2.45, 2.75) is 6.18 Å². The summed E-state index contributed by atoms with van der Waals surface area (Å²) in [4.78, 5) is 16.5. The van der Waals surface area contributed by atoms with Crippen LogP contribution in [0.25, 0.3) is 10.6 Å². The molecule has 8 heteroatoms. The van der Waals surface area contributed by atoms with Crippen LogP contribution in [-0.2, 0) is 6.18 Å². The second-order valence-electron chi connectivity index (χ2n) is 3.08. The maximum absolute atomic E-state index is 12.5. The molecule has 0 saturated heterocycles. The molecule has 1 N–H and O–H groups in total. The molecule has 0 spiro atoms. The van der Waals surface area contributed by atoms with Crippen LogP contribution in [0.1, 0.15) is 5.69 Å². The van der Waals surface area contributed by atoms with Crippen molar-refractivity contribution in [3.63, 3.8) is 0 Å². The van der Waals surface area contributed by atoms with E-state index in [0.717, 1.165) is 17.4 Å². The fraction of sp³-hybridized carbons (Fsp3) is 0.111. The minimum Gasteiger partial charge on any atom is -0.302 e. The maximum Gasteiger partial charge on any atom is 0.431 e. The Kier molecular flexibility index (Phi) is 2.96. The fourth-order valence-corrected chi connectivity index (χ4v) is 2.32. The van der Waals surface area contributed by atoms with Gasteiger partial charge < -0.3 is 4.98 Å². The number of H-pyrrole nitrogens is 1. The molecule has 2 heterocycles. The smallest absolute Gasteiger partial charge is 0.302 e. The Morgan fingerprint density at radius 1 is 1.41 bits per heavy atom. The first-order valence-corrected chi connectivity index (χ1v) is 5.55. The number of aromatic amines is 1. The van der Waals surface area contributed by atoms with Crippen LogP contribution in [-0.4, -0.2) is 9.97 Å². The number of hydrogen-bond donors (Lipinski definition) is 1. The van der Waals surface area contributed by atoms with Gasteiger partial charge in [-0.2, -0.15) is 18.2 Å². The summed E-state index contributed by atoms with van der Waals surface area (Å²) in [6.07, 6.45) is -4.62. The molecule has 0 atom stereocenters. The van der Waals surface area contributed by atoms with E-state index in [-0.39, 0.29) is 10.7 Å². The minimum absolute atomic E-state index is 0.0823. The number of rotatable bonds is 1. The predicted octanol–water partition coefficient (Wildman–Crippen LogP) is 3.17. The molecule has 0 aliphatic rings. The van der Waals surface area contributed by atoms with Crippen molar-refractivity contribution in [1.82, 2.24) is 9.97 Å². The molecule has 0 amide bonds. The molecule has 0 aliphatic carbocycles. The van der Waals surface area contributed by atoms with Gasteiger partial charge in [-0.1, -0.05) is 11.6 Å². The number of aromatic nitrogens is 2. The molecule has 0 aromatic carbocycles. The Morgan fingerprint density at radius 2 is 2.12 bits per heavy atom. The second kappa shape index (κ2) is 4.15. The van der Waals surface area contributed by atoms with E-state index in [4.69, 9.17) is 11.6 Å². The number of halogens is 4. The Labute approximate surface area is 102 Å². The highest BCUT2D eigenvalue weighted by molar-refractivity contribution is 7.14. The van der Waals surface area contributed by atoms with E-state index in [1.54, 1.807) is 10.4 Å². The van der Waals surface area contributed by atoms with Crippen molar-refractivity contribution in [1.29, 1.82) is 0 Å². The van der Waals surface area contributed by atoms with E-state index >= 15 is 0 Å². The van der Waals surface area contributed by atoms with E-state index in [2.05, 4.69) is 4.98 Å². The summed E-state index contributed by atoms with van der Waals surface area (Å²) in [6, 6.07) is 2.29. The van der Waals surface area contributed by atoms with Gasteiger partial charge in [0, 0.05) is 0 Å². The lowest BCUT2D eigenvalue weighted by atomic mass is 10.3. The summed E-state index contributed by atoms with van der Waals surface area (Å²) in [5, 5.41) is 1.87. The van der Waals surface area contributed by atoms with Gasteiger partial charge in [-0.3, -0.25) is 0 Å². The Bertz CT molecular complexity index is 605. The van der Waals surface area contributed by atoms with Crippen molar-refractivity contribution < 1.29 is 13.2 Å². The van der Waals surface area contributed by atoms with E-state index < -0.39 is 17.6 Å². The van der Waals surface area contributed by atoms with E-state index in [0.29, 0.717) is 4.88 Å². The van der Waals surface area contributed by atoms with Crippen LogP contribution in [0.15, 0.2) is 22.3 Å². The van der Waals surface area contributed by atoms with Crippen LogP contribution in [0, 0.1) is 0 Å². The molecule has 0 radical (unpaired) electrons. The summed E-state index contributed by atoms with van der Waals surface area (Å²) in [7, 11) is 0. The van der Waals surface area contributed by atoms with Gasteiger partial charge in [-0.15, -0.1) is 11.3 Å². The first kappa shape index (κ1) is 12.1. The fourth-order valence-electron chi connectivity index (χ4n) is 1.20. The zero-order chi connectivity index (χ0) is 12.6. The maximum atomic E-state index is 12.5. The van der Waals surface area contributed by atoms with Gasteiger partial charge in [0.1, 0.15) is 5.69 Å². The lowest BCUT2D eigenvalue weighted by molar-refractivity contribution is -0.141. The van der Waals surface area contributed by atoms with E-state index in [1.165, 1.54) is 6.07 Å². The normalized spacial score (nSPS) is 11.8. The largest absolute Gasteiger partial charge is 0.431 e. The average Bonchev–Trinajstić information content (AvgIpc) is 2.62. The zero-order valence-corrected chi connectivity index (χ0v) is 9.58. The molecule has 0 unspecified atom stereocenters. The van der Waals surface area contributed by atoms with Gasteiger partial charge in [-0.25, -0.2) is 4.79 Å². The van der Waals surface area contributed by atoms with Gasteiger partial charge in [-0.05, 0) is 17.5 Å². The molecular formula is C9H4ClF3N2OS. The summed E-state index contributed by atoms with van der Waals surface area (Å²) < 4.78 is 37.4. The summed E-state index contributed by atoms with van der Waals surface area (Å²) >= 11 is 6.89. The lowest BCUT2D eigenvalue weighted by Crippen LogP contribution is -2.19. The number of nitrogens with zero attached hydrogens (tertiary/aromatic N) is 1. The Morgan fingerprint density at radius 3 is 2.65 bits per heavy atom. The summed E-state index contributed by atoms with van der Waals surface area (Å²) in [5.74, 6) is 0. The van der Waals surface area contributed by atoms with Crippen molar-refractivity contribution in [2.75, 3.05) is 0 Å². The third-order valence-corrected chi connectivity index (χ3v) is 3.26. The molecule has 90 valence electrons. The number of thiophene rings is 1. The molecule has 17 heavy (non-hydrogen) atoms. The van der Waals surface area contributed by atoms with Crippen LogP contribution in [0.3, 0.4) is 0 Å². The lowest BCUT2D eigenvalue weighted by Gasteiger charge is -2.06. The SMILES string of the molecule is O=c1nc(-c2sccc2Cl)cc(C(F)(F)F)[nH]1. The average molecular weight is 281 g/mol. The molecular weight excluding hydrogens is 277 g/mol. The highest BCUT2D eigenvalue weighted by Crippen LogP contribution is 2.34. The van der Waals surface area contributed by atoms with Crippen LogP contribution < -0.4 is 5.69 Å². The van der Waals surface area contributed by atoms with Gasteiger partial charge in [0.25, 0.3) is 0 Å². The number of nitrogens with one attached hydrogen (secondary N) is 1. The van der Waals surface area contributed by atoms with Gasteiger partial charge in [0.15, 0.2) is 0 Å². The number of alkyl halides is 3. The van der Waals surface area contributed by atoms with Gasteiger partial charge in [0.2, 0.25) is 0 Å². The standard InChI is InChI=1S/C9H4ClF3N2OS/c10-4-1-2-17-7(4)5-3-6(9(11,12)13)15-8(16)14-5/h1-3H,(H,14,15,16). The van der Waals surface area contributed by atoms with Crippen molar-refractivity contribution in [3.8, 4) is 10.6 Å². The molecule has 2 aromatic rings. The van der Waals surface area contributed by atoms with E-state index in [9.17, 15) is 18.0 Å². The van der Waals surface area contributed by atoms with E-state index in [1.807, 2.05) is 0 Å². The topological polar surface area (TPSA) is 45.8 Å². The first-order valence-electron chi connectivity index (χ1n) is 4.30. The molecule has 2 rings (SSSR count). The molecule has 0 fully saturated rings. The van der Waals surface area contributed by atoms with Crippen LogP contribution in [0.2, 0.25) is 5.02 Å². The zero-order valence-electron chi connectivity index (χ0n) is 8.01. The molecule has 0 saturated carbocycles. The van der Waals surface area contributed by atoms with Crippen LogP contribution in [0.4, 0.5) is 13.2 Å².